The lowest BCUT2D eigenvalue weighted by molar-refractivity contribution is 0.112. The monoisotopic (exact) mass is 324 g/mol. The zero-order chi connectivity index (χ0) is 17.7. The number of carbonyl (C=O) groups is 1. The first-order chi connectivity index (χ1) is 11.5. The van der Waals surface area contributed by atoms with Crippen molar-refractivity contribution in [2.45, 2.75) is 6.92 Å². The second kappa shape index (κ2) is 7.15. The molecule has 2 aromatic rings. The first-order valence-electron chi connectivity index (χ1n) is 6.83. The van der Waals surface area contributed by atoms with E-state index in [2.05, 4.69) is 10.3 Å². The summed E-state index contributed by atoms with van der Waals surface area (Å²) in [5.74, 6) is -0.844. The molecule has 7 heteroatoms. The molecule has 1 aromatic carbocycles. The van der Waals surface area contributed by atoms with Gasteiger partial charge in [-0.05, 0) is 36.2 Å². The third kappa shape index (κ3) is 3.28. The van der Waals surface area contributed by atoms with Crippen molar-refractivity contribution in [1.82, 2.24) is 4.98 Å². The van der Waals surface area contributed by atoms with Crippen LogP contribution in [-0.2, 0) is 0 Å². The second-order valence-electron chi connectivity index (χ2n) is 4.84. The average molecular weight is 324 g/mol. The number of halogens is 1. The van der Waals surface area contributed by atoms with Crippen LogP contribution in [0.4, 0.5) is 10.2 Å². The van der Waals surface area contributed by atoms with Crippen molar-refractivity contribution in [3.63, 3.8) is 0 Å². The predicted octanol–water partition coefficient (Wildman–Crippen LogP) is 3.20. The molecule has 6 nitrogen and oxygen atoms in total. The number of nitrogens with zero attached hydrogens (tertiary/aromatic N) is 2. The Morgan fingerprint density at radius 1 is 1.42 bits per heavy atom. The SMILES string of the molecule is Cc1c(/C(C=N)=C(\O)Nc2ccc(C=O)cn2)ccc(C#N)c1F. The summed E-state index contributed by atoms with van der Waals surface area (Å²) in [6.45, 7) is 1.46. The van der Waals surface area contributed by atoms with Gasteiger partial charge in [-0.1, -0.05) is 6.07 Å². The van der Waals surface area contributed by atoms with E-state index in [1.165, 1.54) is 37.4 Å². The summed E-state index contributed by atoms with van der Waals surface area (Å²) in [4.78, 5) is 14.5. The maximum atomic E-state index is 14.1. The van der Waals surface area contributed by atoms with Crippen LogP contribution in [0.5, 0.6) is 0 Å². The minimum Gasteiger partial charge on any atom is -0.494 e. The van der Waals surface area contributed by atoms with Crippen LogP contribution < -0.4 is 5.32 Å². The summed E-state index contributed by atoms with van der Waals surface area (Å²) < 4.78 is 14.1. The summed E-state index contributed by atoms with van der Waals surface area (Å²) in [5.41, 5.74) is 0.721. The molecule has 1 heterocycles. The van der Waals surface area contributed by atoms with Gasteiger partial charge in [-0.3, -0.25) is 4.79 Å². The van der Waals surface area contributed by atoms with Crippen LogP contribution in [0.25, 0.3) is 5.57 Å². The van der Waals surface area contributed by atoms with Crippen LogP contribution in [0.15, 0.2) is 36.3 Å². The Kier molecular flexibility index (Phi) is 5.02. The Morgan fingerprint density at radius 2 is 2.17 bits per heavy atom. The van der Waals surface area contributed by atoms with Gasteiger partial charge in [0.25, 0.3) is 0 Å². The van der Waals surface area contributed by atoms with Gasteiger partial charge < -0.3 is 15.8 Å². The van der Waals surface area contributed by atoms with E-state index in [1.54, 1.807) is 6.07 Å². The molecule has 0 atom stereocenters. The van der Waals surface area contributed by atoms with Gasteiger partial charge in [0.2, 0.25) is 0 Å². The molecule has 0 bridgehead atoms. The second-order valence-corrected chi connectivity index (χ2v) is 4.84. The number of hydrogen-bond donors (Lipinski definition) is 3. The van der Waals surface area contributed by atoms with Crippen molar-refractivity contribution in [3.8, 4) is 6.07 Å². The number of carbonyl (C=O) groups excluding carboxylic acids is 1. The largest absolute Gasteiger partial charge is 0.494 e. The number of benzene rings is 1. The molecular formula is C17H13FN4O2. The summed E-state index contributed by atoms with van der Waals surface area (Å²) in [6, 6.07) is 7.46. The highest BCUT2D eigenvalue weighted by Crippen LogP contribution is 2.24. The molecule has 0 radical (unpaired) electrons. The lowest BCUT2D eigenvalue weighted by Crippen LogP contribution is -2.07. The number of nitrogens with one attached hydrogen (secondary N) is 2. The third-order valence-electron chi connectivity index (χ3n) is 3.37. The van der Waals surface area contributed by atoms with Crippen molar-refractivity contribution in [1.29, 1.82) is 10.7 Å². The standard InChI is InChI=1S/C17H13FN4O2/c1-10-13(4-3-12(6-19)16(10)18)14(7-20)17(24)22-15-5-2-11(9-23)8-21-15/h2-5,7-9,20,24H,1H3,(H,21,22)/b17-14-,20-7?. The molecule has 0 spiro atoms. The van der Waals surface area contributed by atoms with E-state index in [-0.39, 0.29) is 28.1 Å². The molecule has 24 heavy (non-hydrogen) atoms. The van der Waals surface area contributed by atoms with Crippen LogP contribution in [0, 0.1) is 29.5 Å². The maximum absolute atomic E-state index is 14.1. The fourth-order valence-electron chi connectivity index (χ4n) is 2.07. The molecule has 3 N–H and O–H groups in total. The Balaban J connectivity index is 2.43. The number of anilines is 1. The number of aliphatic hydroxyl groups excluding tert-OH is 1. The molecular weight excluding hydrogens is 311 g/mol. The molecule has 0 aliphatic rings. The molecule has 2 rings (SSSR count). The summed E-state index contributed by atoms with van der Waals surface area (Å²) in [6.07, 6.45) is 2.83. The molecule has 120 valence electrons. The van der Waals surface area contributed by atoms with E-state index in [0.717, 1.165) is 6.21 Å². The van der Waals surface area contributed by atoms with Gasteiger partial charge in [0.05, 0.1) is 11.1 Å². The van der Waals surface area contributed by atoms with E-state index < -0.39 is 11.7 Å². The number of allylic oxidation sites excluding steroid dienone is 1. The molecule has 0 aliphatic carbocycles. The van der Waals surface area contributed by atoms with Gasteiger partial charge in [-0.15, -0.1) is 0 Å². The molecule has 0 amide bonds. The van der Waals surface area contributed by atoms with Gasteiger partial charge >= 0.3 is 0 Å². The lowest BCUT2D eigenvalue weighted by Gasteiger charge is -2.12. The molecule has 0 unspecified atom stereocenters. The summed E-state index contributed by atoms with van der Waals surface area (Å²) >= 11 is 0. The number of rotatable bonds is 5. The summed E-state index contributed by atoms with van der Waals surface area (Å²) in [7, 11) is 0. The minimum atomic E-state index is -0.699. The van der Waals surface area contributed by atoms with Gasteiger partial charge in [-0.2, -0.15) is 5.26 Å². The average Bonchev–Trinajstić information content (AvgIpc) is 2.60. The Morgan fingerprint density at radius 3 is 2.71 bits per heavy atom. The first kappa shape index (κ1) is 16.8. The molecule has 0 saturated heterocycles. The fourth-order valence-corrected chi connectivity index (χ4v) is 2.07. The Bertz CT molecular complexity index is 867. The van der Waals surface area contributed by atoms with Gasteiger partial charge in [0.1, 0.15) is 17.7 Å². The van der Waals surface area contributed by atoms with Crippen LogP contribution in [-0.4, -0.2) is 22.6 Å². The zero-order valence-corrected chi connectivity index (χ0v) is 12.7. The third-order valence-corrected chi connectivity index (χ3v) is 3.37. The topological polar surface area (TPSA) is 110 Å². The van der Waals surface area contributed by atoms with Crippen molar-refractivity contribution in [3.05, 3.63) is 64.4 Å². The highest BCUT2D eigenvalue weighted by atomic mass is 19.1. The molecule has 1 aromatic heterocycles. The van der Waals surface area contributed by atoms with Crippen molar-refractivity contribution in [2.24, 2.45) is 0 Å². The van der Waals surface area contributed by atoms with Crippen molar-refractivity contribution in [2.75, 3.05) is 5.32 Å². The fraction of sp³-hybridized carbons (Fsp3) is 0.0588. The Labute approximate surface area is 137 Å². The molecule has 0 saturated carbocycles. The predicted molar refractivity (Wildman–Crippen MR) is 87.4 cm³/mol. The highest BCUT2D eigenvalue weighted by Gasteiger charge is 2.15. The smallest absolute Gasteiger partial charge is 0.199 e. The summed E-state index contributed by atoms with van der Waals surface area (Å²) in [5, 5.41) is 29.1. The zero-order valence-electron chi connectivity index (χ0n) is 12.7. The van der Waals surface area contributed by atoms with Gasteiger partial charge in [0, 0.05) is 18.0 Å². The van der Waals surface area contributed by atoms with Crippen molar-refractivity contribution < 1.29 is 14.3 Å². The van der Waals surface area contributed by atoms with Crippen molar-refractivity contribution >= 4 is 23.9 Å². The van der Waals surface area contributed by atoms with Crippen LogP contribution in [0.1, 0.15) is 27.0 Å². The number of aldehydes is 1. The first-order valence-corrected chi connectivity index (χ1v) is 6.83. The quantitative estimate of drug-likeness (QED) is 0.444. The van der Waals surface area contributed by atoms with E-state index in [1.807, 2.05) is 0 Å². The minimum absolute atomic E-state index is 0.0390. The molecule has 0 aliphatic heterocycles. The number of aromatic nitrogens is 1. The number of aliphatic hydroxyl groups is 1. The van der Waals surface area contributed by atoms with Crippen LogP contribution in [0.2, 0.25) is 0 Å². The van der Waals surface area contributed by atoms with E-state index in [4.69, 9.17) is 10.7 Å². The lowest BCUT2D eigenvalue weighted by atomic mass is 9.98. The van der Waals surface area contributed by atoms with Gasteiger partial charge in [-0.25, -0.2) is 9.37 Å². The Hall–Kier alpha value is -3.53. The van der Waals surface area contributed by atoms with Crippen LogP contribution >= 0.6 is 0 Å². The number of hydrogen-bond acceptors (Lipinski definition) is 6. The number of pyridine rings is 1. The van der Waals surface area contributed by atoms with Gasteiger partial charge in [0.15, 0.2) is 12.2 Å². The molecule has 0 fully saturated rings. The highest BCUT2D eigenvalue weighted by molar-refractivity contribution is 6.10. The van der Waals surface area contributed by atoms with E-state index in [0.29, 0.717) is 11.8 Å². The normalized spacial score (nSPS) is 11.2. The van der Waals surface area contributed by atoms with E-state index in [9.17, 15) is 14.3 Å². The maximum Gasteiger partial charge on any atom is 0.199 e. The van der Waals surface area contributed by atoms with Crippen LogP contribution in [0.3, 0.4) is 0 Å². The number of nitriles is 1. The van der Waals surface area contributed by atoms with E-state index >= 15 is 0 Å².